The second-order valence-electron chi connectivity index (χ2n) is 4.54. The normalized spacial score (nSPS) is 28.2. The number of piperidine rings is 1. The number of carbonyl (C=O) groups excluding carboxylic acids is 1. The van der Waals surface area contributed by atoms with Crippen molar-refractivity contribution in [1.29, 1.82) is 0 Å². The van der Waals surface area contributed by atoms with E-state index in [1.165, 1.54) is 5.01 Å². The van der Waals surface area contributed by atoms with E-state index in [9.17, 15) is 4.79 Å². The van der Waals surface area contributed by atoms with E-state index in [4.69, 9.17) is 0 Å². The fraction of sp³-hybridized carbons (Fsp3) is 0.545. The SMILES string of the molecule is CN1N=C2CCNCC2(Cc2cscn2)C1=O. The van der Waals surface area contributed by atoms with Gasteiger partial charge >= 0.3 is 0 Å². The molecule has 0 aromatic carbocycles. The molecule has 5 nitrogen and oxygen atoms in total. The molecular formula is C11H14N4OS. The smallest absolute Gasteiger partial charge is 0.256 e. The van der Waals surface area contributed by atoms with Crippen LogP contribution < -0.4 is 5.32 Å². The third-order valence-corrected chi connectivity index (χ3v) is 4.09. The topological polar surface area (TPSA) is 57.6 Å². The van der Waals surface area contributed by atoms with Crippen molar-refractivity contribution in [3.05, 3.63) is 16.6 Å². The Morgan fingerprint density at radius 1 is 1.65 bits per heavy atom. The lowest BCUT2D eigenvalue weighted by Crippen LogP contribution is -2.52. The number of fused-ring (bicyclic) bond motifs is 1. The van der Waals surface area contributed by atoms with Crippen LogP contribution in [-0.2, 0) is 11.2 Å². The summed E-state index contributed by atoms with van der Waals surface area (Å²) in [6.07, 6.45) is 1.51. The number of hydrogen-bond donors (Lipinski definition) is 1. The highest BCUT2D eigenvalue weighted by Gasteiger charge is 2.51. The van der Waals surface area contributed by atoms with E-state index in [-0.39, 0.29) is 5.91 Å². The Hall–Kier alpha value is -1.27. The number of nitrogens with one attached hydrogen (secondary N) is 1. The van der Waals surface area contributed by atoms with Crippen LogP contribution in [0.15, 0.2) is 16.0 Å². The molecule has 1 N–H and O–H groups in total. The molecule has 2 aliphatic rings. The van der Waals surface area contributed by atoms with Crippen molar-refractivity contribution < 1.29 is 4.79 Å². The summed E-state index contributed by atoms with van der Waals surface area (Å²) in [5.41, 5.74) is 3.32. The molecule has 1 amide bonds. The maximum Gasteiger partial charge on any atom is 0.256 e. The van der Waals surface area contributed by atoms with Crippen LogP contribution in [0.25, 0.3) is 0 Å². The Morgan fingerprint density at radius 3 is 3.29 bits per heavy atom. The van der Waals surface area contributed by atoms with Gasteiger partial charge in [-0.3, -0.25) is 4.79 Å². The highest BCUT2D eigenvalue weighted by molar-refractivity contribution is 7.07. The fourth-order valence-corrected chi connectivity index (χ4v) is 3.16. The number of aromatic nitrogens is 1. The first-order valence-corrected chi connectivity index (χ1v) is 6.60. The lowest BCUT2D eigenvalue weighted by atomic mass is 9.75. The van der Waals surface area contributed by atoms with E-state index in [1.807, 2.05) is 10.9 Å². The summed E-state index contributed by atoms with van der Waals surface area (Å²) >= 11 is 1.56. The van der Waals surface area contributed by atoms with Crippen LogP contribution >= 0.6 is 11.3 Å². The minimum absolute atomic E-state index is 0.0905. The Bertz CT molecular complexity index is 470. The monoisotopic (exact) mass is 250 g/mol. The molecule has 6 heteroatoms. The lowest BCUT2D eigenvalue weighted by Gasteiger charge is -2.32. The first kappa shape index (κ1) is 10.9. The predicted octanol–water partition coefficient (Wildman–Crippen LogP) is 0.493. The molecule has 1 fully saturated rings. The lowest BCUT2D eigenvalue weighted by molar-refractivity contribution is -0.135. The molecular weight excluding hydrogens is 236 g/mol. The maximum atomic E-state index is 12.3. The number of carbonyl (C=O) groups is 1. The molecule has 0 saturated carbocycles. The van der Waals surface area contributed by atoms with Gasteiger partial charge in [0, 0.05) is 38.4 Å². The Balaban J connectivity index is 1.96. The summed E-state index contributed by atoms with van der Waals surface area (Å²) in [6, 6.07) is 0. The van der Waals surface area contributed by atoms with Crippen molar-refractivity contribution in [2.24, 2.45) is 10.5 Å². The van der Waals surface area contributed by atoms with Gasteiger partial charge in [0.15, 0.2) is 0 Å². The number of rotatable bonds is 2. The van der Waals surface area contributed by atoms with Gasteiger partial charge in [-0.2, -0.15) is 5.10 Å². The number of thiazole rings is 1. The van der Waals surface area contributed by atoms with Gasteiger partial charge in [-0.25, -0.2) is 9.99 Å². The van der Waals surface area contributed by atoms with Crippen LogP contribution in [0.2, 0.25) is 0 Å². The van der Waals surface area contributed by atoms with E-state index >= 15 is 0 Å². The molecule has 1 unspecified atom stereocenters. The third kappa shape index (κ3) is 1.59. The summed E-state index contributed by atoms with van der Waals surface area (Å²) in [5.74, 6) is 0.0905. The average molecular weight is 250 g/mol. The Labute approximate surface area is 104 Å². The maximum absolute atomic E-state index is 12.3. The zero-order valence-electron chi connectivity index (χ0n) is 9.64. The highest BCUT2D eigenvalue weighted by atomic mass is 32.1. The van der Waals surface area contributed by atoms with Gasteiger partial charge in [0.05, 0.1) is 16.9 Å². The summed E-state index contributed by atoms with van der Waals surface area (Å²) in [6.45, 7) is 1.57. The molecule has 1 aromatic heterocycles. The van der Waals surface area contributed by atoms with Crippen LogP contribution in [0, 0.1) is 5.41 Å². The molecule has 90 valence electrons. The van der Waals surface area contributed by atoms with Crippen LogP contribution in [0.4, 0.5) is 0 Å². The van der Waals surface area contributed by atoms with Gasteiger partial charge in [0.2, 0.25) is 0 Å². The first-order chi connectivity index (χ1) is 8.22. The van der Waals surface area contributed by atoms with Crippen molar-refractivity contribution in [3.63, 3.8) is 0 Å². The number of nitrogens with zero attached hydrogens (tertiary/aromatic N) is 3. The van der Waals surface area contributed by atoms with E-state index in [1.54, 1.807) is 18.4 Å². The molecule has 17 heavy (non-hydrogen) atoms. The Kier molecular flexibility index (Phi) is 2.48. The standard InChI is InChI=1S/C11H14N4OS/c1-15-10(16)11(4-8-5-17-7-13-8)6-12-3-2-9(11)14-15/h5,7,12H,2-4,6H2,1H3. The quantitative estimate of drug-likeness (QED) is 0.831. The molecule has 1 atom stereocenters. The number of hydrazone groups is 1. The van der Waals surface area contributed by atoms with Gasteiger partial charge in [0.1, 0.15) is 5.41 Å². The summed E-state index contributed by atoms with van der Waals surface area (Å²) in [5, 5.41) is 11.2. The largest absolute Gasteiger partial charge is 0.315 e. The molecule has 0 spiro atoms. The van der Waals surface area contributed by atoms with E-state index in [0.717, 1.165) is 24.4 Å². The van der Waals surface area contributed by atoms with E-state index < -0.39 is 5.41 Å². The second kappa shape index (κ2) is 3.89. The van der Waals surface area contributed by atoms with Crippen molar-refractivity contribution in [3.8, 4) is 0 Å². The summed E-state index contributed by atoms with van der Waals surface area (Å²) < 4.78 is 0. The third-order valence-electron chi connectivity index (χ3n) is 3.46. The average Bonchev–Trinajstić information content (AvgIpc) is 2.90. The zero-order chi connectivity index (χ0) is 11.9. The van der Waals surface area contributed by atoms with Crippen molar-refractivity contribution in [2.45, 2.75) is 12.8 Å². The van der Waals surface area contributed by atoms with Crippen LogP contribution in [-0.4, -0.2) is 41.7 Å². The minimum Gasteiger partial charge on any atom is -0.315 e. The van der Waals surface area contributed by atoms with Crippen molar-refractivity contribution in [2.75, 3.05) is 20.1 Å². The van der Waals surface area contributed by atoms with Gasteiger partial charge in [-0.15, -0.1) is 11.3 Å². The zero-order valence-corrected chi connectivity index (χ0v) is 10.5. The van der Waals surface area contributed by atoms with E-state index in [2.05, 4.69) is 15.4 Å². The predicted molar refractivity (Wildman–Crippen MR) is 65.9 cm³/mol. The second-order valence-corrected chi connectivity index (χ2v) is 5.26. The molecule has 1 aromatic rings. The fourth-order valence-electron chi connectivity index (χ4n) is 2.61. The molecule has 1 saturated heterocycles. The van der Waals surface area contributed by atoms with Crippen LogP contribution in [0.1, 0.15) is 12.1 Å². The summed E-state index contributed by atoms with van der Waals surface area (Å²) in [4.78, 5) is 16.6. The van der Waals surface area contributed by atoms with E-state index in [0.29, 0.717) is 13.0 Å². The molecule has 0 aliphatic carbocycles. The van der Waals surface area contributed by atoms with Crippen LogP contribution in [0.3, 0.4) is 0 Å². The number of hydrogen-bond acceptors (Lipinski definition) is 5. The van der Waals surface area contributed by atoms with Gasteiger partial charge < -0.3 is 5.32 Å². The first-order valence-electron chi connectivity index (χ1n) is 5.66. The number of amides is 1. The van der Waals surface area contributed by atoms with Gasteiger partial charge in [0.25, 0.3) is 5.91 Å². The molecule has 0 radical (unpaired) electrons. The minimum atomic E-state index is -0.485. The Morgan fingerprint density at radius 2 is 2.53 bits per heavy atom. The van der Waals surface area contributed by atoms with Crippen LogP contribution in [0.5, 0.6) is 0 Å². The van der Waals surface area contributed by atoms with Crippen molar-refractivity contribution >= 4 is 23.0 Å². The molecule has 0 bridgehead atoms. The van der Waals surface area contributed by atoms with Gasteiger partial charge in [-0.05, 0) is 0 Å². The highest BCUT2D eigenvalue weighted by Crippen LogP contribution is 2.35. The van der Waals surface area contributed by atoms with Crippen molar-refractivity contribution in [1.82, 2.24) is 15.3 Å². The van der Waals surface area contributed by atoms with Gasteiger partial charge in [-0.1, -0.05) is 0 Å². The molecule has 3 heterocycles. The molecule has 3 rings (SSSR count). The molecule has 2 aliphatic heterocycles. The summed E-state index contributed by atoms with van der Waals surface area (Å²) in [7, 11) is 1.73.